The Balaban J connectivity index is 1.45. The number of carbonyl (C=O) groups excluding carboxylic acids is 2. The molecule has 2 amide bonds. The number of amides is 2. The maximum Gasteiger partial charge on any atom is 0.270 e. The van der Waals surface area contributed by atoms with Crippen LogP contribution in [0.4, 0.5) is 14.5 Å². The van der Waals surface area contributed by atoms with E-state index in [-0.39, 0.29) is 35.3 Å². The fourth-order valence-corrected chi connectivity index (χ4v) is 6.49. The average Bonchev–Trinajstić information content (AvgIpc) is 3.72. The van der Waals surface area contributed by atoms with Crippen LogP contribution in [0.2, 0.25) is 0 Å². The summed E-state index contributed by atoms with van der Waals surface area (Å²) in [5.74, 6) is -1.61. The highest BCUT2D eigenvalue weighted by molar-refractivity contribution is 7.92. The van der Waals surface area contributed by atoms with E-state index in [1.54, 1.807) is 46.8 Å². The first-order valence-electron chi connectivity index (χ1n) is 13.9. The summed E-state index contributed by atoms with van der Waals surface area (Å²) in [4.78, 5) is 28.5. The van der Waals surface area contributed by atoms with E-state index >= 15 is 0 Å². The van der Waals surface area contributed by atoms with Gasteiger partial charge in [0, 0.05) is 62.6 Å². The summed E-state index contributed by atoms with van der Waals surface area (Å²) in [5.41, 5.74) is 2.91. The summed E-state index contributed by atoms with van der Waals surface area (Å²) in [5, 5.41) is 3.44. The molecule has 0 saturated carbocycles. The van der Waals surface area contributed by atoms with Gasteiger partial charge in [0.2, 0.25) is 10.0 Å². The van der Waals surface area contributed by atoms with Gasteiger partial charge in [-0.05, 0) is 60.5 Å². The number of aromatic nitrogens is 1. The second-order valence-corrected chi connectivity index (χ2v) is 13.0. The van der Waals surface area contributed by atoms with Gasteiger partial charge in [0.05, 0.1) is 23.0 Å². The third-order valence-corrected chi connectivity index (χ3v) is 9.59. The Morgan fingerprint density at radius 2 is 1.77 bits per heavy atom. The number of aryl methyl sites for hydroxylation is 1. The van der Waals surface area contributed by atoms with Crippen molar-refractivity contribution in [2.75, 3.05) is 37.7 Å². The third-order valence-electron chi connectivity index (χ3n) is 8.40. The number of sulfonamides is 1. The molecule has 1 aliphatic heterocycles. The number of fused-ring (bicyclic) bond motifs is 2. The van der Waals surface area contributed by atoms with Gasteiger partial charge in [-0.25, -0.2) is 17.2 Å². The molecule has 0 aliphatic carbocycles. The largest absolute Gasteiger partial charge is 0.455 e. The van der Waals surface area contributed by atoms with E-state index in [0.29, 0.717) is 51.8 Å². The molecule has 1 aliphatic rings. The number of nitrogens with zero attached hydrogens (tertiary/aromatic N) is 3. The first-order chi connectivity index (χ1) is 20.9. The zero-order valence-corrected chi connectivity index (χ0v) is 25.3. The van der Waals surface area contributed by atoms with Gasteiger partial charge in [0.15, 0.2) is 0 Å². The van der Waals surface area contributed by atoms with Crippen molar-refractivity contribution in [3.8, 4) is 11.3 Å². The van der Waals surface area contributed by atoms with Crippen LogP contribution in [0.3, 0.4) is 0 Å². The van der Waals surface area contributed by atoms with Crippen molar-refractivity contribution in [2.45, 2.75) is 12.3 Å². The quantitative estimate of drug-likeness (QED) is 0.279. The molecule has 0 spiro atoms. The van der Waals surface area contributed by atoms with Crippen molar-refractivity contribution in [1.82, 2.24) is 14.8 Å². The van der Waals surface area contributed by atoms with Crippen LogP contribution >= 0.6 is 0 Å². The van der Waals surface area contributed by atoms with Gasteiger partial charge in [-0.3, -0.25) is 13.9 Å². The number of benzene rings is 3. The summed E-state index contributed by atoms with van der Waals surface area (Å²) in [6.07, 6.45) is 1.62. The summed E-state index contributed by atoms with van der Waals surface area (Å²) >= 11 is 0. The number of likely N-dealkylation sites (tertiary alicyclic amines) is 1. The van der Waals surface area contributed by atoms with E-state index in [2.05, 4.69) is 5.32 Å². The van der Waals surface area contributed by atoms with Crippen molar-refractivity contribution in [1.29, 1.82) is 0 Å². The molecule has 1 saturated heterocycles. The molecule has 228 valence electrons. The highest BCUT2D eigenvalue weighted by Crippen LogP contribution is 2.42. The SMILES string of the molecule is CNC(=O)c1c(-c2ccc(F)cc2)oc2cc(N(C)S(C)(=O)=O)c(C3CCN(C(=O)c4cc5c(F)cccc5n4C)C3)cc12. The number of hydrogen-bond acceptors (Lipinski definition) is 5. The normalized spacial score (nSPS) is 15.3. The van der Waals surface area contributed by atoms with Crippen molar-refractivity contribution >= 4 is 49.4 Å². The zero-order chi connectivity index (χ0) is 31.5. The fourth-order valence-electron chi connectivity index (χ4n) is 5.97. The van der Waals surface area contributed by atoms with Crippen molar-refractivity contribution in [3.63, 3.8) is 0 Å². The Kier molecular flexibility index (Phi) is 7.19. The molecule has 44 heavy (non-hydrogen) atoms. The molecule has 1 unspecified atom stereocenters. The minimum atomic E-state index is -3.70. The van der Waals surface area contributed by atoms with Crippen LogP contribution in [-0.2, 0) is 17.1 Å². The molecule has 0 bridgehead atoms. The Morgan fingerprint density at radius 1 is 1.05 bits per heavy atom. The van der Waals surface area contributed by atoms with E-state index in [0.717, 1.165) is 10.6 Å². The smallest absolute Gasteiger partial charge is 0.270 e. The van der Waals surface area contributed by atoms with Gasteiger partial charge < -0.3 is 19.2 Å². The average molecular weight is 621 g/mol. The monoisotopic (exact) mass is 620 g/mol. The third kappa shape index (κ3) is 4.88. The van der Waals surface area contributed by atoms with Gasteiger partial charge in [-0.15, -0.1) is 0 Å². The molecular weight excluding hydrogens is 590 g/mol. The number of nitrogens with one attached hydrogen (secondary N) is 1. The summed E-state index contributed by atoms with van der Waals surface area (Å²) in [6, 6.07) is 15.1. The highest BCUT2D eigenvalue weighted by Gasteiger charge is 2.34. The van der Waals surface area contributed by atoms with E-state index in [1.807, 2.05) is 0 Å². The second kappa shape index (κ2) is 10.8. The number of anilines is 1. The van der Waals surface area contributed by atoms with Crippen LogP contribution in [0.1, 0.15) is 38.7 Å². The first kappa shape index (κ1) is 29.4. The molecule has 3 heterocycles. The fraction of sp³-hybridized carbons (Fsp3) is 0.250. The molecule has 1 fully saturated rings. The van der Waals surface area contributed by atoms with Gasteiger partial charge >= 0.3 is 0 Å². The topological polar surface area (TPSA) is 105 Å². The Morgan fingerprint density at radius 3 is 2.43 bits per heavy atom. The molecule has 0 radical (unpaired) electrons. The number of halogens is 2. The Hall–Kier alpha value is -4.71. The molecule has 3 aromatic carbocycles. The predicted molar refractivity (Wildman–Crippen MR) is 164 cm³/mol. The molecule has 2 aromatic heterocycles. The second-order valence-electron chi connectivity index (χ2n) is 11.0. The molecule has 9 nitrogen and oxygen atoms in total. The van der Waals surface area contributed by atoms with Gasteiger partial charge in [0.1, 0.15) is 28.7 Å². The van der Waals surface area contributed by atoms with Crippen LogP contribution in [0.15, 0.2) is 65.1 Å². The minimum absolute atomic E-state index is 0.218. The standard InChI is InChI=1S/C32H30F2N4O5S/c1-35-31(39)29-23-14-21(19-12-13-38(17-19)32(40)27-15-22-24(34)6-5-7-25(22)36(27)2)26(37(3)44(4,41)42)16-28(23)43-30(29)18-8-10-20(33)11-9-18/h5-11,14-16,19H,12-13,17H2,1-4H3,(H,35,39). The van der Waals surface area contributed by atoms with Crippen LogP contribution in [0.5, 0.6) is 0 Å². The van der Waals surface area contributed by atoms with Crippen molar-refractivity contribution in [3.05, 3.63) is 89.1 Å². The number of hydrogen-bond donors (Lipinski definition) is 1. The number of furan rings is 1. The van der Waals surface area contributed by atoms with Crippen molar-refractivity contribution in [2.24, 2.45) is 7.05 Å². The lowest BCUT2D eigenvalue weighted by atomic mass is 9.93. The van der Waals surface area contributed by atoms with E-state index in [9.17, 15) is 26.8 Å². The lowest BCUT2D eigenvalue weighted by Gasteiger charge is -2.24. The highest BCUT2D eigenvalue weighted by atomic mass is 32.2. The summed E-state index contributed by atoms with van der Waals surface area (Å²) < 4.78 is 62.5. The Labute approximate surface area is 252 Å². The molecule has 1 N–H and O–H groups in total. The van der Waals surface area contributed by atoms with Crippen LogP contribution in [0, 0.1) is 11.6 Å². The lowest BCUT2D eigenvalue weighted by Crippen LogP contribution is -2.30. The molecule has 12 heteroatoms. The van der Waals surface area contributed by atoms with Gasteiger partial charge in [-0.2, -0.15) is 0 Å². The summed E-state index contributed by atoms with van der Waals surface area (Å²) in [6.45, 7) is 0.666. The molecule has 1 atom stereocenters. The van der Waals surface area contributed by atoms with Crippen LogP contribution < -0.4 is 9.62 Å². The minimum Gasteiger partial charge on any atom is -0.455 e. The predicted octanol–water partition coefficient (Wildman–Crippen LogP) is 5.25. The molecular formula is C32H30F2N4O5S. The molecule has 6 rings (SSSR count). The number of rotatable bonds is 6. The Bertz CT molecular complexity index is 2070. The van der Waals surface area contributed by atoms with E-state index in [1.165, 1.54) is 44.4 Å². The van der Waals surface area contributed by atoms with Crippen molar-refractivity contribution < 1.29 is 31.2 Å². The molecule has 5 aromatic rings. The van der Waals surface area contributed by atoms with Crippen LogP contribution in [0.25, 0.3) is 33.2 Å². The maximum absolute atomic E-state index is 14.4. The summed E-state index contributed by atoms with van der Waals surface area (Å²) in [7, 11) is 0.936. The van der Waals surface area contributed by atoms with Crippen LogP contribution in [-0.4, -0.2) is 63.1 Å². The maximum atomic E-state index is 14.4. The first-order valence-corrected chi connectivity index (χ1v) is 15.8. The lowest BCUT2D eigenvalue weighted by molar-refractivity contribution is 0.0781. The van der Waals surface area contributed by atoms with E-state index in [4.69, 9.17) is 4.42 Å². The van der Waals surface area contributed by atoms with Gasteiger partial charge in [0.25, 0.3) is 11.8 Å². The zero-order valence-electron chi connectivity index (χ0n) is 24.5. The van der Waals surface area contributed by atoms with E-state index < -0.39 is 27.6 Å². The number of carbonyl (C=O) groups is 2. The van der Waals surface area contributed by atoms with Gasteiger partial charge in [-0.1, -0.05) is 6.07 Å².